The SMILES string of the molecule is CCC1CN(CCOC(C)C)C2(CCCC2)CN1. The van der Waals surface area contributed by atoms with E-state index in [1.807, 2.05) is 0 Å². The first-order valence-corrected chi connectivity index (χ1v) is 7.76. The smallest absolute Gasteiger partial charge is 0.0597 e. The van der Waals surface area contributed by atoms with Crippen LogP contribution in [0.2, 0.25) is 0 Å². The third kappa shape index (κ3) is 3.25. The van der Waals surface area contributed by atoms with E-state index in [1.54, 1.807) is 0 Å². The molecule has 2 fully saturated rings. The van der Waals surface area contributed by atoms with Crippen LogP contribution in [0.4, 0.5) is 0 Å². The van der Waals surface area contributed by atoms with Gasteiger partial charge < -0.3 is 10.1 Å². The fourth-order valence-electron chi connectivity index (χ4n) is 3.50. The molecule has 0 bridgehead atoms. The summed E-state index contributed by atoms with van der Waals surface area (Å²) in [6, 6.07) is 0.676. The molecule has 1 saturated carbocycles. The standard InChI is InChI=1S/C15H30N2O/c1-4-14-11-17(9-10-18-13(2)3)15(12-16-14)7-5-6-8-15/h13-14,16H,4-12H2,1-3H3. The molecule has 1 heterocycles. The lowest BCUT2D eigenvalue weighted by Crippen LogP contribution is -2.63. The van der Waals surface area contributed by atoms with Crippen LogP contribution < -0.4 is 5.32 Å². The first kappa shape index (κ1) is 14.3. The van der Waals surface area contributed by atoms with Crippen molar-refractivity contribution in [1.82, 2.24) is 10.2 Å². The van der Waals surface area contributed by atoms with Crippen molar-refractivity contribution in [3.05, 3.63) is 0 Å². The lowest BCUT2D eigenvalue weighted by molar-refractivity contribution is -0.00143. The van der Waals surface area contributed by atoms with Gasteiger partial charge in [0.1, 0.15) is 0 Å². The molecule has 106 valence electrons. The zero-order valence-corrected chi connectivity index (χ0v) is 12.4. The molecular formula is C15H30N2O. The molecule has 0 aromatic rings. The number of ether oxygens (including phenoxy) is 1. The molecule has 0 aromatic carbocycles. The van der Waals surface area contributed by atoms with Crippen LogP contribution in [0.15, 0.2) is 0 Å². The molecule has 2 aliphatic rings. The fraction of sp³-hybridized carbons (Fsp3) is 1.00. The van der Waals surface area contributed by atoms with Crippen LogP contribution in [-0.4, -0.2) is 48.8 Å². The minimum absolute atomic E-state index is 0.356. The Labute approximate surface area is 112 Å². The Morgan fingerprint density at radius 1 is 1.33 bits per heavy atom. The summed E-state index contributed by atoms with van der Waals surface area (Å²) in [7, 11) is 0. The number of piperazine rings is 1. The van der Waals surface area contributed by atoms with Crippen molar-refractivity contribution in [3.8, 4) is 0 Å². The first-order chi connectivity index (χ1) is 8.66. The molecule has 1 saturated heterocycles. The monoisotopic (exact) mass is 254 g/mol. The van der Waals surface area contributed by atoms with E-state index in [4.69, 9.17) is 4.74 Å². The Morgan fingerprint density at radius 2 is 2.06 bits per heavy atom. The average molecular weight is 254 g/mol. The number of nitrogens with one attached hydrogen (secondary N) is 1. The van der Waals surface area contributed by atoms with Crippen LogP contribution in [0.3, 0.4) is 0 Å². The number of hydrogen-bond donors (Lipinski definition) is 1. The normalized spacial score (nSPS) is 28.3. The van der Waals surface area contributed by atoms with Crippen LogP contribution >= 0.6 is 0 Å². The summed E-state index contributed by atoms with van der Waals surface area (Å²) in [5, 5.41) is 3.75. The summed E-state index contributed by atoms with van der Waals surface area (Å²) in [5.41, 5.74) is 0.450. The maximum atomic E-state index is 5.75. The van der Waals surface area contributed by atoms with Gasteiger partial charge in [-0.1, -0.05) is 19.8 Å². The molecule has 1 aliphatic heterocycles. The summed E-state index contributed by atoms with van der Waals surface area (Å²) >= 11 is 0. The Hall–Kier alpha value is -0.120. The van der Waals surface area contributed by atoms with Crippen LogP contribution in [0.5, 0.6) is 0 Å². The van der Waals surface area contributed by atoms with Gasteiger partial charge in [0, 0.05) is 31.2 Å². The highest BCUT2D eigenvalue weighted by Crippen LogP contribution is 2.36. The van der Waals surface area contributed by atoms with Crippen molar-refractivity contribution in [2.45, 2.75) is 70.6 Å². The molecule has 3 nitrogen and oxygen atoms in total. The topological polar surface area (TPSA) is 24.5 Å². The van der Waals surface area contributed by atoms with Gasteiger partial charge in [0.15, 0.2) is 0 Å². The van der Waals surface area contributed by atoms with Gasteiger partial charge in [0.25, 0.3) is 0 Å². The number of hydrogen-bond acceptors (Lipinski definition) is 3. The minimum Gasteiger partial charge on any atom is -0.377 e. The molecule has 0 amide bonds. The van der Waals surface area contributed by atoms with Crippen molar-refractivity contribution in [1.29, 1.82) is 0 Å². The van der Waals surface area contributed by atoms with E-state index in [-0.39, 0.29) is 0 Å². The molecule has 18 heavy (non-hydrogen) atoms. The molecule has 0 radical (unpaired) electrons. The van der Waals surface area contributed by atoms with E-state index in [1.165, 1.54) is 45.2 Å². The molecule has 0 aromatic heterocycles. The molecule has 1 N–H and O–H groups in total. The lowest BCUT2D eigenvalue weighted by Gasteiger charge is -2.48. The number of nitrogens with zero attached hydrogens (tertiary/aromatic N) is 1. The van der Waals surface area contributed by atoms with Gasteiger partial charge in [0.2, 0.25) is 0 Å². The van der Waals surface area contributed by atoms with E-state index in [0.29, 0.717) is 17.7 Å². The fourth-order valence-corrected chi connectivity index (χ4v) is 3.50. The highest BCUT2D eigenvalue weighted by Gasteiger charge is 2.42. The summed E-state index contributed by atoms with van der Waals surface area (Å²) in [6.07, 6.45) is 7.14. The Morgan fingerprint density at radius 3 is 2.67 bits per heavy atom. The molecule has 1 unspecified atom stereocenters. The molecule has 2 rings (SSSR count). The largest absolute Gasteiger partial charge is 0.377 e. The molecule has 1 atom stereocenters. The van der Waals surface area contributed by atoms with Crippen molar-refractivity contribution in [2.24, 2.45) is 0 Å². The first-order valence-electron chi connectivity index (χ1n) is 7.76. The predicted octanol–water partition coefficient (Wildman–Crippen LogP) is 2.41. The van der Waals surface area contributed by atoms with Crippen LogP contribution in [-0.2, 0) is 4.74 Å². The summed E-state index contributed by atoms with van der Waals surface area (Å²) in [4.78, 5) is 2.73. The van der Waals surface area contributed by atoms with Crippen molar-refractivity contribution < 1.29 is 4.74 Å². The van der Waals surface area contributed by atoms with Crippen molar-refractivity contribution >= 4 is 0 Å². The van der Waals surface area contributed by atoms with Crippen molar-refractivity contribution in [2.75, 3.05) is 26.2 Å². The summed E-state index contributed by atoms with van der Waals surface area (Å²) in [6.45, 7) is 10.9. The molecular weight excluding hydrogens is 224 g/mol. The molecule has 1 spiro atoms. The van der Waals surface area contributed by atoms with Gasteiger partial charge >= 0.3 is 0 Å². The van der Waals surface area contributed by atoms with Gasteiger partial charge in [-0.05, 0) is 33.1 Å². The predicted molar refractivity (Wildman–Crippen MR) is 75.9 cm³/mol. The quantitative estimate of drug-likeness (QED) is 0.815. The maximum absolute atomic E-state index is 5.75. The minimum atomic E-state index is 0.356. The maximum Gasteiger partial charge on any atom is 0.0597 e. The Balaban J connectivity index is 1.91. The second-order valence-corrected chi connectivity index (χ2v) is 6.28. The highest BCUT2D eigenvalue weighted by atomic mass is 16.5. The van der Waals surface area contributed by atoms with Gasteiger partial charge in [-0.2, -0.15) is 0 Å². The van der Waals surface area contributed by atoms with E-state index >= 15 is 0 Å². The second-order valence-electron chi connectivity index (χ2n) is 6.28. The average Bonchev–Trinajstić information content (AvgIpc) is 2.81. The Kier molecular flexibility index (Phi) is 5.05. The van der Waals surface area contributed by atoms with Gasteiger partial charge in [-0.15, -0.1) is 0 Å². The van der Waals surface area contributed by atoms with Gasteiger partial charge in [0.05, 0.1) is 12.7 Å². The zero-order chi connectivity index (χ0) is 13.0. The third-order valence-corrected chi connectivity index (χ3v) is 4.67. The zero-order valence-electron chi connectivity index (χ0n) is 12.4. The lowest BCUT2D eigenvalue weighted by atomic mass is 9.90. The molecule has 1 aliphatic carbocycles. The van der Waals surface area contributed by atoms with Gasteiger partial charge in [-0.3, -0.25) is 4.90 Å². The van der Waals surface area contributed by atoms with Crippen molar-refractivity contribution in [3.63, 3.8) is 0 Å². The van der Waals surface area contributed by atoms with E-state index in [0.717, 1.165) is 13.2 Å². The van der Waals surface area contributed by atoms with E-state index < -0.39 is 0 Å². The Bertz CT molecular complexity index is 249. The van der Waals surface area contributed by atoms with Crippen LogP contribution in [0.1, 0.15) is 52.9 Å². The summed E-state index contributed by atoms with van der Waals surface area (Å²) < 4.78 is 5.75. The van der Waals surface area contributed by atoms with E-state index in [2.05, 4.69) is 31.0 Å². The second kappa shape index (κ2) is 6.36. The van der Waals surface area contributed by atoms with E-state index in [9.17, 15) is 0 Å². The highest BCUT2D eigenvalue weighted by molar-refractivity contribution is 5.01. The van der Waals surface area contributed by atoms with Crippen LogP contribution in [0, 0.1) is 0 Å². The number of rotatable bonds is 5. The third-order valence-electron chi connectivity index (χ3n) is 4.67. The molecule has 3 heteroatoms. The summed E-state index contributed by atoms with van der Waals surface area (Å²) in [5.74, 6) is 0. The van der Waals surface area contributed by atoms with Crippen LogP contribution in [0.25, 0.3) is 0 Å². The van der Waals surface area contributed by atoms with Gasteiger partial charge in [-0.25, -0.2) is 0 Å².